The highest BCUT2D eigenvalue weighted by molar-refractivity contribution is 7.89. The summed E-state index contributed by atoms with van der Waals surface area (Å²) in [6.45, 7) is 5.12. The predicted molar refractivity (Wildman–Crippen MR) is 94.7 cm³/mol. The van der Waals surface area contributed by atoms with Gasteiger partial charge in [0.1, 0.15) is 5.67 Å². The zero-order chi connectivity index (χ0) is 17.9. The lowest BCUT2D eigenvalue weighted by Gasteiger charge is -2.37. The van der Waals surface area contributed by atoms with Gasteiger partial charge < -0.3 is 4.74 Å². The fourth-order valence-corrected chi connectivity index (χ4v) is 5.28. The van der Waals surface area contributed by atoms with E-state index in [2.05, 4.69) is 0 Å². The number of sulfonamides is 1. The minimum absolute atomic E-state index is 0.337. The molecule has 2 heterocycles. The van der Waals surface area contributed by atoms with Crippen LogP contribution in [0.4, 0.5) is 4.39 Å². The van der Waals surface area contributed by atoms with Crippen molar-refractivity contribution >= 4 is 10.0 Å². The molecule has 2 aliphatic heterocycles. The Morgan fingerprint density at radius 1 is 1.20 bits per heavy atom. The number of ether oxygens (including phenoxy) is 1. The van der Waals surface area contributed by atoms with E-state index < -0.39 is 15.7 Å². The topological polar surface area (TPSA) is 49.9 Å². The lowest BCUT2D eigenvalue weighted by molar-refractivity contribution is 0.0378. The maximum absolute atomic E-state index is 14.7. The molecule has 0 saturated carbocycles. The molecule has 0 aliphatic carbocycles. The first-order valence-electron chi connectivity index (χ1n) is 9.02. The van der Waals surface area contributed by atoms with E-state index >= 15 is 0 Å². The Hall–Kier alpha value is -1.02. The largest absolute Gasteiger partial charge is 0.379 e. The minimum Gasteiger partial charge on any atom is -0.379 e. The molecule has 0 aromatic heterocycles. The number of hydrogen-bond acceptors (Lipinski definition) is 4. The summed E-state index contributed by atoms with van der Waals surface area (Å²) < 4.78 is 47.5. The summed E-state index contributed by atoms with van der Waals surface area (Å²) in [6.07, 6.45) is 1.90. The molecule has 5 nitrogen and oxygen atoms in total. The number of alkyl halides is 1. The first-order valence-corrected chi connectivity index (χ1v) is 10.5. The standard InChI is InChI=1S/C18H27FN2O3S/c1-2-18(19)8-5-9-20(15-18)14-16-6-3-4-7-17(16)25(22,23)21-10-12-24-13-11-21/h3-4,6-7H,2,5,8-15H2,1H3. The third-order valence-corrected chi connectivity index (χ3v) is 7.19. The smallest absolute Gasteiger partial charge is 0.243 e. The van der Waals surface area contributed by atoms with Gasteiger partial charge in [0, 0.05) is 26.2 Å². The van der Waals surface area contributed by atoms with Gasteiger partial charge in [0.15, 0.2) is 0 Å². The Morgan fingerprint density at radius 3 is 2.64 bits per heavy atom. The Bertz CT molecular complexity index is 691. The SMILES string of the molecule is CCC1(F)CCCN(Cc2ccccc2S(=O)(=O)N2CCOCC2)C1. The van der Waals surface area contributed by atoms with Crippen LogP contribution in [0.2, 0.25) is 0 Å². The number of likely N-dealkylation sites (tertiary alicyclic amines) is 1. The summed E-state index contributed by atoms with van der Waals surface area (Å²) in [7, 11) is -3.54. The van der Waals surface area contributed by atoms with E-state index in [0.29, 0.717) is 57.1 Å². The van der Waals surface area contributed by atoms with Crippen molar-refractivity contribution < 1.29 is 17.5 Å². The van der Waals surface area contributed by atoms with Crippen molar-refractivity contribution in [3.8, 4) is 0 Å². The Balaban J connectivity index is 1.81. The molecule has 25 heavy (non-hydrogen) atoms. The molecule has 3 rings (SSSR count). The van der Waals surface area contributed by atoms with Gasteiger partial charge in [0.2, 0.25) is 10.0 Å². The summed E-state index contributed by atoms with van der Waals surface area (Å²) in [5.74, 6) is 0. The van der Waals surface area contributed by atoms with Crippen molar-refractivity contribution in [1.29, 1.82) is 0 Å². The molecule has 1 aromatic carbocycles. The average molecular weight is 370 g/mol. The zero-order valence-corrected chi connectivity index (χ0v) is 15.6. The maximum Gasteiger partial charge on any atom is 0.243 e. The van der Waals surface area contributed by atoms with Crippen LogP contribution in [0.3, 0.4) is 0 Å². The number of rotatable bonds is 5. The van der Waals surface area contributed by atoms with Crippen LogP contribution in [0.15, 0.2) is 29.2 Å². The van der Waals surface area contributed by atoms with Gasteiger partial charge in [0.05, 0.1) is 18.1 Å². The van der Waals surface area contributed by atoms with Crippen molar-refractivity contribution in [2.45, 2.75) is 43.3 Å². The molecule has 2 fully saturated rings. The van der Waals surface area contributed by atoms with E-state index in [9.17, 15) is 12.8 Å². The number of halogens is 1. The van der Waals surface area contributed by atoms with E-state index in [1.165, 1.54) is 4.31 Å². The Labute approximate surface area is 149 Å². The molecule has 140 valence electrons. The molecule has 0 spiro atoms. The number of piperidine rings is 1. The van der Waals surface area contributed by atoms with Crippen LogP contribution >= 0.6 is 0 Å². The molecular formula is C18H27FN2O3S. The molecule has 7 heteroatoms. The molecule has 2 saturated heterocycles. The lowest BCUT2D eigenvalue weighted by Crippen LogP contribution is -2.45. The summed E-state index contributed by atoms with van der Waals surface area (Å²) in [6, 6.07) is 7.10. The van der Waals surface area contributed by atoms with Gasteiger partial charge in [-0.25, -0.2) is 12.8 Å². The molecule has 1 unspecified atom stereocenters. The molecule has 1 aromatic rings. The van der Waals surface area contributed by atoms with Crippen LogP contribution in [-0.2, 0) is 21.3 Å². The molecule has 0 amide bonds. The Kier molecular flexibility index (Phi) is 5.78. The molecule has 0 radical (unpaired) electrons. The van der Waals surface area contributed by atoms with Crippen LogP contribution in [0.1, 0.15) is 31.7 Å². The van der Waals surface area contributed by atoms with Gasteiger partial charge >= 0.3 is 0 Å². The van der Waals surface area contributed by atoms with Gasteiger partial charge in [-0.05, 0) is 37.4 Å². The van der Waals surface area contributed by atoms with Gasteiger partial charge in [-0.2, -0.15) is 4.31 Å². The van der Waals surface area contributed by atoms with Crippen molar-refractivity contribution in [3.63, 3.8) is 0 Å². The zero-order valence-electron chi connectivity index (χ0n) is 14.8. The second-order valence-electron chi connectivity index (χ2n) is 6.94. The second-order valence-corrected chi connectivity index (χ2v) is 8.85. The van der Waals surface area contributed by atoms with Crippen LogP contribution in [0.25, 0.3) is 0 Å². The van der Waals surface area contributed by atoms with Crippen LogP contribution in [-0.4, -0.2) is 62.7 Å². The fourth-order valence-electron chi connectivity index (χ4n) is 3.65. The number of hydrogen-bond donors (Lipinski definition) is 0. The van der Waals surface area contributed by atoms with Gasteiger partial charge in [0.25, 0.3) is 0 Å². The third-order valence-electron chi connectivity index (χ3n) is 5.19. The van der Waals surface area contributed by atoms with Gasteiger partial charge in [-0.3, -0.25) is 4.90 Å². The molecular weight excluding hydrogens is 343 g/mol. The fraction of sp³-hybridized carbons (Fsp3) is 0.667. The highest BCUT2D eigenvalue weighted by Crippen LogP contribution is 2.30. The highest BCUT2D eigenvalue weighted by Gasteiger charge is 2.34. The van der Waals surface area contributed by atoms with Gasteiger partial charge in [-0.15, -0.1) is 0 Å². The first kappa shape index (κ1) is 18.8. The Morgan fingerprint density at radius 2 is 1.92 bits per heavy atom. The molecule has 1 atom stereocenters. The number of nitrogens with zero attached hydrogens (tertiary/aromatic N) is 2. The van der Waals surface area contributed by atoms with Crippen molar-refractivity contribution in [2.75, 3.05) is 39.4 Å². The van der Waals surface area contributed by atoms with E-state index in [1.54, 1.807) is 12.1 Å². The lowest BCUT2D eigenvalue weighted by atomic mass is 9.92. The van der Waals surface area contributed by atoms with Gasteiger partial charge in [-0.1, -0.05) is 25.1 Å². The third kappa shape index (κ3) is 4.22. The van der Waals surface area contributed by atoms with E-state index in [1.807, 2.05) is 24.0 Å². The number of morpholine rings is 1. The molecule has 0 bridgehead atoms. The summed E-state index contributed by atoms with van der Waals surface area (Å²) in [5, 5.41) is 0. The molecule has 2 aliphatic rings. The monoisotopic (exact) mass is 370 g/mol. The summed E-state index contributed by atoms with van der Waals surface area (Å²) >= 11 is 0. The molecule has 0 N–H and O–H groups in total. The summed E-state index contributed by atoms with van der Waals surface area (Å²) in [5.41, 5.74) is -0.412. The number of benzene rings is 1. The predicted octanol–water partition coefficient (Wildman–Crippen LogP) is 2.42. The van der Waals surface area contributed by atoms with E-state index in [-0.39, 0.29) is 0 Å². The van der Waals surface area contributed by atoms with Crippen LogP contribution in [0, 0.1) is 0 Å². The van der Waals surface area contributed by atoms with Crippen molar-refractivity contribution in [2.24, 2.45) is 0 Å². The van der Waals surface area contributed by atoms with Crippen LogP contribution < -0.4 is 0 Å². The first-order chi connectivity index (χ1) is 11.9. The quantitative estimate of drug-likeness (QED) is 0.799. The minimum atomic E-state index is -3.54. The second kappa shape index (κ2) is 7.70. The van der Waals surface area contributed by atoms with E-state index in [4.69, 9.17) is 4.74 Å². The highest BCUT2D eigenvalue weighted by atomic mass is 32.2. The maximum atomic E-state index is 14.7. The average Bonchev–Trinajstić information content (AvgIpc) is 2.63. The van der Waals surface area contributed by atoms with Crippen molar-refractivity contribution in [3.05, 3.63) is 29.8 Å². The normalized spacial score (nSPS) is 26.6. The van der Waals surface area contributed by atoms with Crippen LogP contribution in [0.5, 0.6) is 0 Å². The summed E-state index contributed by atoms with van der Waals surface area (Å²) in [4.78, 5) is 2.38. The van der Waals surface area contributed by atoms with Crippen molar-refractivity contribution in [1.82, 2.24) is 9.21 Å². The van der Waals surface area contributed by atoms with E-state index in [0.717, 1.165) is 18.5 Å².